The molecule has 30 heavy (non-hydrogen) atoms. The number of benzene rings is 1. The lowest BCUT2D eigenvalue weighted by atomic mass is 10.1. The molecule has 9 nitrogen and oxygen atoms in total. The first-order valence-electron chi connectivity index (χ1n) is 8.89. The van der Waals surface area contributed by atoms with Crippen LogP contribution in [0.3, 0.4) is 0 Å². The number of carbonyl (C=O) groups is 3. The van der Waals surface area contributed by atoms with Gasteiger partial charge in [-0.3, -0.25) is 9.69 Å². The Kier molecular flexibility index (Phi) is 11.6. The van der Waals surface area contributed by atoms with Gasteiger partial charge in [0.2, 0.25) is 0 Å². The van der Waals surface area contributed by atoms with Gasteiger partial charge in [0.25, 0.3) is 0 Å². The van der Waals surface area contributed by atoms with Crippen molar-refractivity contribution in [3.05, 3.63) is 39.9 Å². The van der Waals surface area contributed by atoms with E-state index in [0.717, 1.165) is 38.4 Å². The Morgan fingerprint density at radius 2 is 1.60 bits per heavy atom. The van der Waals surface area contributed by atoms with Crippen LogP contribution in [0.25, 0.3) is 6.08 Å². The molecule has 0 aliphatic carbocycles. The third-order valence-electron chi connectivity index (χ3n) is 3.99. The normalized spacial score (nSPS) is 16.4. The standard InChI is InChI=1S/C15H17Cl2NO2.C4H6O6/c16-14-4-2-12(11-15(14)17)1-3-13(19)5-6-18-7-9-20-10-8-18;5-1(3(7)8)2(6)4(9)10/h1-4,11H,5-10H2;1-2,5-6H,(H,7,8)(H,9,10)/b3-1+;. The second kappa shape index (κ2) is 13.3. The number of aliphatic hydroxyl groups is 2. The molecule has 2 atom stereocenters. The second-order valence-corrected chi connectivity index (χ2v) is 7.06. The van der Waals surface area contributed by atoms with E-state index in [1.54, 1.807) is 24.3 Å². The van der Waals surface area contributed by atoms with Gasteiger partial charge in [0, 0.05) is 26.1 Å². The summed E-state index contributed by atoms with van der Waals surface area (Å²) in [6.07, 6.45) is -0.642. The summed E-state index contributed by atoms with van der Waals surface area (Å²) in [6, 6.07) is 5.30. The second-order valence-electron chi connectivity index (χ2n) is 6.24. The highest BCUT2D eigenvalue weighted by atomic mass is 35.5. The molecule has 0 spiro atoms. The minimum absolute atomic E-state index is 0.113. The van der Waals surface area contributed by atoms with Crippen LogP contribution in [0.2, 0.25) is 10.0 Å². The lowest BCUT2D eigenvalue weighted by Gasteiger charge is -2.25. The lowest BCUT2D eigenvalue weighted by molar-refractivity contribution is -0.165. The highest BCUT2D eigenvalue weighted by molar-refractivity contribution is 6.42. The zero-order chi connectivity index (χ0) is 22.7. The summed E-state index contributed by atoms with van der Waals surface area (Å²) in [7, 11) is 0. The Balaban J connectivity index is 0.000000382. The van der Waals surface area contributed by atoms with E-state index in [9.17, 15) is 14.4 Å². The minimum Gasteiger partial charge on any atom is -0.479 e. The third kappa shape index (κ3) is 9.66. The molecule has 11 heteroatoms. The van der Waals surface area contributed by atoms with Gasteiger partial charge in [0.05, 0.1) is 23.3 Å². The zero-order valence-electron chi connectivity index (χ0n) is 15.9. The molecule has 0 amide bonds. The molecule has 1 aromatic rings. The maximum absolute atomic E-state index is 11.8. The van der Waals surface area contributed by atoms with E-state index in [2.05, 4.69) is 4.90 Å². The fourth-order valence-corrected chi connectivity index (χ4v) is 2.56. The molecule has 0 radical (unpaired) electrons. The van der Waals surface area contributed by atoms with Gasteiger partial charge in [0.15, 0.2) is 18.0 Å². The van der Waals surface area contributed by atoms with Gasteiger partial charge in [0.1, 0.15) is 0 Å². The Labute approximate surface area is 183 Å². The van der Waals surface area contributed by atoms with E-state index < -0.39 is 24.1 Å². The topological polar surface area (TPSA) is 145 Å². The molecule has 1 aliphatic heterocycles. The summed E-state index contributed by atoms with van der Waals surface area (Å²) in [6.45, 7) is 4.11. The Morgan fingerprint density at radius 3 is 2.10 bits per heavy atom. The van der Waals surface area contributed by atoms with Gasteiger partial charge in [-0.25, -0.2) is 9.59 Å². The summed E-state index contributed by atoms with van der Waals surface area (Å²) in [4.78, 5) is 33.6. The van der Waals surface area contributed by atoms with E-state index in [1.165, 1.54) is 0 Å². The largest absolute Gasteiger partial charge is 0.479 e. The predicted octanol–water partition coefficient (Wildman–Crippen LogP) is 1.18. The number of ether oxygens (including phenoxy) is 1. The number of carbonyl (C=O) groups excluding carboxylic acids is 1. The molecule has 0 aromatic heterocycles. The lowest BCUT2D eigenvalue weighted by Crippen LogP contribution is -2.39. The van der Waals surface area contributed by atoms with E-state index in [0.29, 0.717) is 16.5 Å². The summed E-state index contributed by atoms with van der Waals surface area (Å²) in [5.74, 6) is -3.42. The quantitative estimate of drug-likeness (QED) is 0.417. The average Bonchev–Trinajstić information content (AvgIpc) is 2.73. The van der Waals surface area contributed by atoms with Crippen molar-refractivity contribution in [3.8, 4) is 0 Å². The molecule has 0 saturated carbocycles. The first-order valence-corrected chi connectivity index (χ1v) is 9.65. The average molecular weight is 464 g/mol. The Hall–Kier alpha value is -2.01. The maximum Gasteiger partial charge on any atom is 0.335 e. The third-order valence-corrected chi connectivity index (χ3v) is 4.73. The predicted molar refractivity (Wildman–Crippen MR) is 110 cm³/mol. The van der Waals surface area contributed by atoms with E-state index in [-0.39, 0.29) is 5.78 Å². The van der Waals surface area contributed by atoms with Crippen molar-refractivity contribution in [3.63, 3.8) is 0 Å². The number of ketones is 1. The number of allylic oxidation sites excluding steroid dienone is 1. The number of carboxylic acid groups (broad SMARTS) is 2. The molecular weight excluding hydrogens is 441 g/mol. The van der Waals surface area contributed by atoms with Crippen LogP contribution in [-0.2, 0) is 19.1 Å². The van der Waals surface area contributed by atoms with E-state index in [1.807, 2.05) is 6.07 Å². The molecule has 1 saturated heterocycles. The summed E-state index contributed by atoms with van der Waals surface area (Å²) < 4.78 is 5.27. The van der Waals surface area contributed by atoms with Crippen LogP contribution in [0.1, 0.15) is 12.0 Å². The summed E-state index contributed by atoms with van der Waals surface area (Å²) in [5.41, 5.74) is 0.874. The molecule has 4 N–H and O–H groups in total. The number of morpholine rings is 1. The maximum atomic E-state index is 11.8. The molecule has 0 bridgehead atoms. The van der Waals surface area contributed by atoms with Crippen molar-refractivity contribution in [2.45, 2.75) is 18.6 Å². The number of halogens is 2. The monoisotopic (exact) mass is 463 g/mol. The van der Waals surface area contributed by atoms with Crippen molar-refractivity contribution in [1.82, 2.24) is 4.90 Å². The van der Waals surface area contributed by atoms with Crippen LogP contribution in [-0.4, -0.2) is 88.1 Å². The van der Waals surface area contributed by atoms with Crippen molar-refractivity contribution in [1.29, 1.82) is 0 Å². The minimum atomic E-state index is -2.27. The summed E-state index contributed by atoms with van der Waals surface area (Å²) in [5, 5.41) is 33.5. The van der Waals surface area contributed by atoms with Crippen molar-refractivity contribution >= 4 is 47.0 Å². The molecule has 1 aromatic carbocycles. The van der Waals surface area contributed by atoms with Gasteiger partial charge >= 0.3 is 11.9 Å². The van der Waals surface area contributed by atoms with Crippen LogP contribution in [0.5, 0.6) is 0 Å². The van der Waals surface area contributed by atoms with Crippen molar-refractivity contribution in [2.24, 2.45) is 0 Å². The number of nitrogens with zero attached hydrogens (tertiary/aromatic N) is 1. The number of aliphatic carboxylic acids is 2. The molecular formula is C19H23Cl2NO8. The highest BCUT2D eigenvalue weighted by Gasteiger charge is 2.29. The molecule has 166 valence electrons. The number of carboxylic acids is 2. The fourth-order valence-electron chi connectivity index (χ4n) is 2.25. The Morgan fingerprint density at radius 1 is 1.03 bits per heavy atom. The number of hydrogen-bond donors (Lipinski definition) is 4. The number of aliphatic hydroxyl groups excluding tert-OH is 2. The molecule has 1 heterocycles. The molecule has 2 unspecified atom stereocenters. The van der Waals surface area contributed by atoms with Crippen LogP contribution >= 0.6 is 23.2 Å². The van der Waals surface area contributed by atoms with E-state index >= 15 is 0 Å². The first kappa shape index (κ1) is 26.0. The van der Waals surface area contributed by atoms with Crippen molar-refractivity contribution < 1.29 is 39.5 Å². The van der Waals surface area contributed by atoms with Crippen LogP contribution in [0.4, 0.5) is 0 Å². The summed E-state index contributed by atoms with van der Waals surface area (Å²) >= 11 is 11.8. The molecule has 1 fully saturated rings. The van der Waals surface area contributed by atoms with Gasteiger partial charge in [-0.15, -0.1) is 0 Å². The Bertz CT molecular complexity index is 747. The van der Waals surface area contributed by atoms with E-state index in [4.69, 9.17) is 48.4 Å². The van der Waals surface area contributed by atoms with Crippen LogP contribution in [0.15, 0.2) is 24.3 Å². The van der Waals surface area contributed by atoms with Gasteiger partial charge in [-0.1, -0.05) is 35.3 Å². The SMILES string of the molecule is O=C(/C=C/c1ccc(Cl)c(Cl)c1)CCN1CCOCC1.O=C(O)C(O)C(O)C(=O)O. The van der Waals surface area contributed by atoms with Gasteiger partial charge < -0.3 is 25.2 Å². The smallest absolute Gasteiger partial charge is 0.335 e. The number of rotatable bonds is 8. The first-order chi connectivity index (χ1) is 14.1. The van der Waals surface area contributed by atoms with Crippen LogP contribution < -0.4 is 0 Å². The zero-order valence-corrected chi connectivity index (χ0v) is 17.4. The number of hydrogen-bond acceptors (Lipinski definition) is 7. The van der Waals surface area contributed by atoms with Gasteiger partial charge in [-0.2, -0.15) is 0 Å². The molecule has 1 aliphatic rings. The highest BCUT2D eigenvalue weighted by Crippen LogP contribution is 2.23. The fraction of sp³-hybridized carbons (Fsp3) is 0.421. The van der Waals surface area contributed by atoms with Gasteiger partial charge in [-0.05, 0) is 23.8 Å². The van der Waals surface area contributed by atoms with Crippen molar-refractivity contribution in [2.75, 3.05) is 32.8 Å². The van der Waals surface area contributed by atoms with Crippen LogP contribution in [0, 0.1) is 0 Å². The molecule has 2 rings (SSSR count).